The smallest absolute Gasteiger partial charge is 0.243 e. The van der Waals surface area contributed by atoms with Gasteiger partial charge >= 0.3 is 0 Å². The number of anilines is 1. The van der Waals surface area contributed by atoms with E-state index in [1.54, 1.807) is 0 Å². The van der Waals surface area contributed by atoms with E-state index in [0.717, 1.165) is 12.1 Å². The van der Waals surface area contributed by atoms with E-state index in [1.165, 1.54) is 28.6 Å². The Balaban J connectivity index is 1.71. The zero-order chi connectivity index (χ0) is 16.3. The molecule has 23 heavy (non-hydrogen) atoms. The van der Waals surface area contributed by atoms with E-state index in [1.807, 2.05) is 36.4 Å². The van der Waals surface area contributed by atoms with Gasteiger partial charge in [0, 0.05) is 24.8 Å². The second-order valence-corrected chi connectivity index (χ2v) is 7.43. The van der Waals surface area contributed by atoms with E-state index in [2.05, 4.69) is 5.32 Å². The van der Waals surface area contributed by atoms with Crippen LogP contribution in [0, 0.1) is 11.3 Å². The molecule has 2 aromatic rings. The van der Waals surface area contributed by atoms with Gasteiger partial charge in [-0.25, -0.2) is 8.42 Å². The molecular formula is C17H17N3O2S. The fraction of sp³-hybridized carbons (Fsp3) is 0.235. The maximum absolute atomic E-state index is 12.6. The monoisotopic (exact) mass is 327 g/mol. The molecule has 0 spiro atoms. The van der Waals surface area contributed by atoms with Crippen LogP contribution in [0.3, 0.4) is 0 Å². The van der Waals surface area contributed by atoms with Crippen LogP contribution >= 0.6 is 0 Å². The van der Waals surface area contributed by atoms with E-state index in [0.29, 0.717) is 18.7 Å². The highest BCUT2D eigenvalue weighted by atomic mass is 32.2. The fourth-order valence-electron chi connectivity index (χ4n) is 2.68. The number of hydrogen-bond acceptors (Lipinski definition) is 4. The van der Waals surface area contributed by atoms with Gasteiger partial charge in [0.2, 0.25) is 10.0 Å². The number of nitriles is 1. The minimum Gasteiger partial charge on any atom is -0.381 e. The van der Waals surface area contributed by atoms with E-state index >= 15 is 0 Å². The lowest BCUT2D eigenvalue weighted by Crippen LogP contribution is -2.31. The predicted octanol–water partition coefficient (Wildman–Crippen LogP) is 2.43. The fourth-order valence-corrected chi connectivity index (χ4v) is 4.19. The van der Waals surface area contributed by atoms with Crippen molar-refractivity contribution in [2.45, 2.75) is 17.4 Å². The molecule has 1 saturated heterocycles. The SMILES string of the molecule is N#Cc1ccc(S(=O)(=O)N2CC[C@@H](Nc3ccccc3)C2)cc1. The third-order valence-corrected chi connectivity index (χ3v) is 5.80. The van der Waals surface area contributed by atoms with Crippen molar-refractivity contribution in [1.82, 2.24) is 4.31 Å². The zero-order valence-corrected chi connectivity index (χ0v) is 13.3. The molecular weight excluding hydrogens is 310 g/mol. The van der Waals surface area contributed by atoms with Gasteiger partial charge in [-0.1, -0.05) is 18.2 Å². The number of nitrogens with one attached hydrogen (secondary N) is 1. The molecule has 1 N–H and O–H groups in total. The van der Waals surface area contributed by atoms with Crippen LogP contribution in [-0.4, -0.2) is 31.9 Å². The lowest BCUT2D eigenvalue weighted by atomic mass is 10.2. The second-order valence-electron chi connectivity index (χ2n) is 5.50. The minimum absolute atomic E-state index is 0.102. The lowest BCUT2D eigenvalue weighted by Gasteiger charge is -2.17. The molecule has 0 bridgehead atoms. The maximum Gasteiger partial charge on any atom is 0.243 e. The number of sulfonamides is 1. The summed E-state index contributed by atoms with van der Waals surface area (Å²) < 4.78 is 26.8. The Kier molecular flexibility index (Phi) is 4.33. The lowest BCUT2D eigenvalue weighted by molar-refractivity contribution is 0.474. The van der Waals surface area contributed by atoms with Crippen LogP contribution in [-0.2, 0) is 10.0 Å². The minimum atomic E-state index is -3.50. The summed E-state index contributed by atoms with van der Waals surface area (Å²) in [6.45, 7) is 0.935. The van der Waals surface area contributed by atoms with Gasteiger partial charge in [-0.3, -0.25) is 0 Å². The summed E-state index contributed by atoms with van der Waals surface area (Å²) in [6, 6.07) is 17.9. The van der Waals surface area contributed by atoms with Crippen molar-refractivity contribution in [3.8, 4) is 6.07 Å². The van der Waals surface area contributed by atoms with Gasteiger partial charge < -0.3 is 5.32 Å². The molecule has 1 aliphatic heterocycles. The average molecular weight is 327 g/mol. The standard InChI is InChI=1S/C17H17N3O2S/c18-12-14-6-8-17(9-7-14)23(21,22)20-11-10-16(13-20)19-15-4-2-1-3-5-15/h1-9,16,19H,10-11,13H2/t16-/m1/s1. The molecule has 5 nitrogen and oxygen atoms in total. The van der Waals surface area contributed by atoms with E-state index in [-0.39, 0.29) is 10.9 Å². The summed E-state index contributed by atoms with van der Waals surface area (Å²) in [6.07, 6.45) is 0.768. The molecule has 0 saturated carbocycles. The van der Waals surface area contributed by atoms with Crippen LogP contribution in [0.15, 0.2) is 59.5 Å². The quantitative estimate of drug-likeness (QED) is 0.936. The van der Waals surface area contributed by atoms with Crippen LogP contribution in [0.5, 0.6) is 0 Å². The first kappa shape index (κ1) is 15.5. The zero-order valence-electron chi connectivity index (χ0n) is 12.5. The van der Waals surface area contributed by atoms with Crippen LogP contribution < -0.4 is 5.32 Å². The van der Waals surface area contributed by atoms with Crippen LogP contribution in [0.1, 0.15) is 12.0 Å². The first-order valence-electron chi connectivity index (χ1n) is 7.41. The summed E-state index contributed by atoms with van der Waals surface area (Å²) in [5.41, 5.74) is 1.45. The summed E-state index contributed by atoms with van der Waals surface area (Å²) in [4.78, 5) is 0.233. The van der Waals surface area contributed by atoms with Gasteiger partial charge in [0.05, 0.1) is 16.5 Å². The largest absolute Gasteiger partial charge is 0.381 e. The molecule has 0 aliphatic carbocycles. The highest BCUT2D eigenvalue weighted by molar-refractivity contribution is 7.89. The average Bonchev–Trinajstić information content (AvgIpc) is 3.05. The first-order valence-corrected chi connectivity index (χ1v) is 8.85. The highest BCUT2D eigenvalue weighted by Gasteiger charge is 2.32. The molecule has 1 fully saturated rings. The normalized spacial score (nSPS) is 18.5. The van der Waals surface area contributed by atoms with Crippen molar-refractivity contribution in [1.29, 1.82) is 5.26 Å². The summed E-state index contributed by atoms with van der Waals surface area (Å²) in [5.74, 6) is 0. The van der Waals surface area contributed by atoms with E-state index in [9.17, 15) is 8.42 Å². The number of nitrogens with zero attached hydrogens (tertiary/aromatic N) is 2. The molecule has 1 aliphatic rings. The second kappa shape index (κ2) is 6.41. The molecule has 1 atom stereocenters. The van der Waals surface area contributed by atoms with Crippen LogP contribution in [0.2, 0.25) is 0 Å². The molecule has 0 unspecified atom stereocenters. The maximum atomic E-state index is 12.6. The Bertz CT molecular complexity index is 811. The van der Waals surface area contributed by atoms with Gasteiger partial charge in [0.15, 0.2) is 0 Å². The molecule has 3 rings (SSSR count). The van der Waals surface area contributed by atoms with E-state index in [4.69, 9.17) is 5.26 Å². The third-order valence-electron chi connectivity index (χ3n) is 3.92. The number of rotatable bonds is 4. The van der Waals surface area contributed by atoms with Crippen molar-refractivity contribution in [2.75, 3.05) is 18.4 Å². The Hall–Kier alpha value is -2.36. The Morgan fingerprint density at radius 2 is 1.78 bits per heavy atom. The van der Waals surface area contributed by atoms with Crippen LogP contribution in [0.4, 0.5) is 5.69 Å². The molecule has 118 valence electrons. The number of benzene rings is 2. The highest BCUT2D eigenvalue weighted by Crippen LogP contribution is 2.23. The van der Waals surface area contributed by atoms with Crippen molar-refractivity contribution in [2.24, 2.45) is 0 Å². The van der Waals surface area contributed by atoms with Crippen molar-refractivity contribution in [3.63, 3.8) is 0 Å². The van der Waals surface area contributed by atoms with Crippen LogP contribution in [0.25, 0.3) is 0 Å². The first-order chi connectivity index (χ1) is 11.1. The summed E-state index contributed by atoms with van der Waals surface area (Å²) in [5, 5.41) is 12.2. The van der Waals surface area contributed by atoms with Gasteiger partial charge in [-0.2, -0.15) is 9.57 Å². The molecule has 1 heterocycles. The Morgan fingerprint density at radius 1 is 1.09 bits per heavy atom. The molecule has 6 heteroatoms. The summed E-state index contributed by atoms with van der Waals surface area (Å²) in [7, 11) is -3.50. The Labute approximate surface area is 136 Å². The summed E-state index contributed by atoms with van der Waals surface area (Å²) >= 11 is 0. The van der Waals surface area contributed by atoms with E-state index < -0.39 is 10.0 Å². The Morgan fingerprint density at radius 3 is 2.43 bits per heavy atom. The molecule has 2 aromatic carbocycles. The number of para-hydroxylation sites is 1. The van der Waals surface area contributed by atoms with Gasteiger partial charge in [-0.05, 0) is 42.8 Å². The molecule has 0 amide bonds. The number of hydrogen-bond donors (Lipinski definition) is 1. The van der Waals surface area contributed by atoms with Gasteiger partial charge in [0.1, 0.15) is 0 Å². The van der Waals surface area contributed by atoms with Crippen molar-refractivity contribution >= 4 is 15.7 Å². The topological polar surface area (TPSA) is 73.2 Å². The van der Waals surface area contributed by atoms with Gasteiger partial charge in [-0.15, -0.1) is 0 Å². The van der Waals surface area contributed by atoms with Crippen molar-refractivity contribution < 1.29 is 8.42 Å². The molecule has 0 radical (unpaired) electrons. The third kappa shape index (κ3) is 3.36. The van der Waals surface area contributed by atoms with Crippen molar-refractivity contribution in [3.05, 3.63) is 60.2 Å². The molecule has 0 aromatic heterocycles. The predicted molar refractivity (Wildman–Crippen MR) is 88.4 cm³/mol. The van der Waals surface area contributed by atoms with Gasteiger partial charge in [0.25, 0.3) is 0 Å².